The number of hydrogen-bond donors (Lipinski definition) is 0. The summed E-state index contributed by atoms with van der Waals surface area (Å²) in [6, 6.07) is 9.84. The van der Waals surface area contributed by atoms with Crippen molar-refractivity contribution in [3.05, 3.63) is 64.6 Å². The maximum atomic E-state index is 13.1. The van der Waals surface area contributed by atoms with E-state index in [1.165, 1.54) is 23.7 Å². The zero-order chi connectivity index (χ0) is 23.7. The van der Waals surface area contributed by atoms with Gasteiger partial charge >= 0.3 is 0 Å². The molecule has 1 aromatic carbocycles. The number of fused-ring (bicyclic) bond motifs is 1. The molecule has 0 unspecified atom stereocenters. The Kier molecular flexibility index (Phi) is 6.61. The van der Waals surface area contributed by atoms with Crippen molar-refractivity contribution in [2.24, 2.45) is 0 Å². The maximum Gasteiger partial charge on any atom is 0.266 e. The van der Waals surface area contributed by atoms with E-state index >= 15 is 0 Å². The van der Waals surface area contributed by atoms with Crippen LogP contribution in [-0.2, 0) is 29.1 Å². The molecule has 2 aromatic heterocycles. The van der Waals surface area contributed by atoms with E-state index in [1.807, 2.05) is 29.3 Å². The number of nitrogens with zero attached hydrogens (tertiary/aromatic N) is 3. The number of carbonyl (C=O) groups is 2. The summed E-state index contributed by atoms with van der Waals surface area (Å²) in [5.41, 5.74) is 3.18. The van der Waals surface area contributed by atoms with Gasteiger partial charge in [-0.3, -0.25) is 14.5 Å². The number of carbonyl (C=O) groups excluding carboxylic acids is 2. The molecule has 0 N–H and O–H groups in total. The average Bonchev–Trinajstić information content (AvgIpc) is 3.56. The zero-order valence-corrected chi connectivity index (χ0v) is 20.8. The summed E-state index contributed by atoms with van der Waals surface area (Å²) >= 11 is 6.79. The van der Waals surface area contributed by atoms with Crippen LogP contribution in [0.5, 0.6) is 0 Å². The van der Waals surface area contributed by atoms with E-state index in [2.05, 4.69) is 23.6 Å². The van der Waals surface area contributed by atoms with Crippen molar-refractivity contribution in [1.82, 2.24) is 14.4 Å². The lowest BCUT2D eigenvalue weighted by Crippen LogP contribution is -2.37. The second-order valence-electron chi connectivity index (χ2n) is 8.67. The first-order valence-electron chi connectivity index (χ1n) is 11.7. The van der Waals surface area contributed by atoms with Gasteiger partial charge in [-0.1, -0.05) is 49.1 Å². The van der Waals surface area contributed by atoms with E-state index in [0.717, 1.165) is 48.8 Å². The Balaban J connectivity index is 1.47. The van der Waals surface area contributed by atoms with Crippen LogP contribution >= 0.6 is 24.0 Å². The number of furan rings is 1. The minimum absolute atomic E-state index is 0.122. The van der Waals surface area contributed by atoms with Crippen LogP contribution in [0, 0.1) is 0 Å². The molecule has 8 heteroatoms. The van der Waals surface area contributed by atoms with Crippen LogP contribution in [0.3, 0.4) is 0 Å². The molecule has 0 aliphatic carbocycles. The standard InChI is InChI=1S/C26H27N3O3S2/c1-2-18-8-6-10-21-19(15-28(24(18)21)17-23(30)27-11-4-3-5-12-27)14-22-25(31)29(26(33)34-22)16-20-9-7-13-32-20/h6-10,13-15H,2-5,11-12,16-17H2,1H3/b22-14-. The van der Waals surface area contributed by atoms with E-state index in [0.29, 0.717) is 28.1 Å². The molecule has 2 fully saturated rings. The number of rotatable bonds is 6. The number of benzene rings is 1. The molecule has 0 radical (unpaired) electrons. The predicted molar refractivity (Wildman–Crippen MR) is 139 cm³/mol. The Labute approximate surface area is 208 Å². The lowest BCUT2D eigenvalue weighted by atomic mass is 10.1. The number of thiocarbonyl (C=S) groups is 1. The molecule has 2 aliphatic rings. The minimum Gasteiger partial charge on any atom is -0.467 e. The molecule has 2 saturated heterocycles. The van der Waals surface area contributed by atoms with Gasteiger partial charge in [0.1, 0.15) is 16.6 Å². The Morgan fingerprint density at radius 2 is 2.00 bits per heavy atom. The van der Waals surface area contributed by atoms with E-state index in [9.17, 15) is 9.59 Å². The van der Waals surface area contributed by atoms with Crippen molar-refractivity contribution in [2.75, 3.05) is 13.1 Å². The predicted octanol–water partition coefficient (Wildman–Crippen LogP) is 5.21. The van der Waals surface area contributed by atoms with E-state index in [-0.39, 0.29) is 11.8 Å². The van der Waals surface area contributed by atoms with E-state index in [4.69, 9.17) is 16.6 Å². The summed E-state index contributed by atoms with van der Waals surface area (Å²) in [5.74, 6) is 0.722. The van der Waals surface area contributed by atoms with E-state index < -0.39 is 0 Å². The first-order valence-corrected chi connectivity index (χ1v) is 12.9. The molecule has 0 atom stereocenters. The monoisotopic (exact) mass is 493 g/mol. The SMILES string of the molecule is CCc1cccc2c(/C=C3\SC(=S)N(Cc4ccco4)C3=O)cn(CC(=O)N3CCCCC3)c12. The molecule has 0 spiro atoms. The van der Waals surface area contributed by atoms with Crippen molar-refractivity contribution in [2.45, 2.75) is 45.7 Å². The molecular formula is C26H27N3O3S2. The average molecular weight is 494 g/mol. The summed E-state index contributed by atoms with van der Waals surface area (Å²) in [7, 11) is 0. The Bertz CT molecular complexity index is 1270. The number of likely N-dealkylation sites (tertiary alicyclic amines) is 1. The van der Waals surface area contributed by atoms with Crippen LogP contribution in [0.15, 0.2) is 52.1 Å². The number of hydrogen-bond acceptors (Lipinski definition) is 5. The van der Waals surface area contributed by atoms with Crippen LogP contribution in [0.4, 0.5) is 0 Å². The molecule has 3 aromatic rings. The van der Waals surface area contributed by atoms with Gasteiger partial charge in [-0.05, 0) is 49.5 Å². The summed E-state index contributed by atoms with van der Waals surface area (Å²) in [4.78, 5) is 30.3. The highest BCUT2D eigenvalue weighted by atomic mass is 32.2. The lowest BCUT2D eigenvalue weighted by Gasteiger charge is -2.27. The fourth-order valence-corrected chi connectivity index (χ4v) is 5.96. The molecule has 2 amide bonds. The number of thioether (sulfide) groups is 1. The maximum absolute atomic E-state index is 13.1. The van der Waals surface area contributed by atoms with Gasteiger partial charge in [-0.25, -0.2) is 0 Å². The van der Waals surface area contributed by atoms with Crippen molar-refractivity contribution in [3.63, 3.8) is 0 Å². The van der Waals surface area contributed by atoms with E-state index in [1.54, 1.807) is 17.2 Å². The van der Waals surface area contributed by atoms with Crippen molar-refractivity contribution < 1.29 is 14.0 Å². The lowest BCUT2D eigenvalue weighted by molar-refractivity contribution is -0.132. The van der Waals surface area contributed by atoms with Crippen molar-refractivity contribution >= 4 is 57.1 Å². The number of amides is 2. The van der Waals surface area contributed by atoms with Crippen LogP contribution in [0.1, 0.15) is 43.1 Å². The second kappa shape index (κ2) is 9.80. The molecule has 0 bridgehead atoms. The molecule has 6 nitrogen and oxygen atoms in total. The second-order valence-corrected chi connectivity index (χ2v) is 10.3. The molecule has 176 valence electrons. The molecule has 0 saturated carbocycles. The first-order chi connectivity index (χ1) is 16.5. The highest BCUT2D eigenvalue weighted by Crippen LogP contribution is 2.36. The summed E-state index contributed by atoms with van der Waals surface area (Å²) < 4.78 is 7.97. The Morgan fingerprint density at radius 3 is 2.74 bits per heavy atom. The molecule has 2 aliphatic heterocycles. The topological polar surface area (TPSA) is 58.7 Å². The molecule has 4 heterocycles. The molecule has 34 heavy (non-hydrogen) atoms. The largest absolute Gasteiger partial charge is 0.467 e. The van der Waals surface area contributed by atoms with Gasteiger partial charge in [-0.2, -0.15) is 0 Å². The third kappa shape index (κ3) is 4.44. The van der Waals surface area contributed by atoms with Gasteiger partial charge in [0.05, 0.1) is 23.2 Å². The Morgan fingerprint density at radius 1 is 1.18 bits per heavy atom. The van der Waals surface area contributed by atoms with Crippen molar-refractivity contribution in [3.8, 4) is 0 Å². The number of aromatic nitrogens is 1. The quantitative estimate of drug-likeness (QED) is 0.349. The van der Waals surface area contributed by atoms with Crippen LogP contribution < -0.4 is 0 Å². The smallest absolute Gasteiger partial charge is 0.266 e. The van der Waals surface area contributed by atoms with Gasteiger partial charge in [-0.15, -0.1) is 0 Å². The third-order valence-electron chi connectivity index (χ3n) is 6.46. The van der Waals surface area contributed by atoms with Crippen LogP contribution in [0.2, 0.25) is 0 Å². The van der Waals surface area contributed by atoms with Crippen LogP contribution in [0.25, 0.3) is 17.0 Å². The Hall–Kier alpha value is -2.84. The summed E-state index contributed by atoms with van der Waals surface area (Å²) in [6.07, 6.45) is 9.71. The number of aryl methyl sites for hydroxylation is 1. The van der Waals surface area contributed by atoms with Gasteiger partial charge in [0.25, 0.3) is 5.91 Å². The van der Waals surface area contributed by atoms with Gasteiger partial charge in [0.2, 0.25) is 5.91 Å². The molecular weight excluding hydrogens is 466 g/mol. The third-order valence-corrected chi connectivity index (χ3v) is 7.84. The van der Waals surface area contributed by atoms with Crippen molar-refractivity contribution in [1.29, 1.82) is 0 Å². The number of para-hydroxylation sites is 1. The van der Waals surface area contributed by atoms with Gasteiger partial charge in [0, 0.05) is 30.2 Å². The van der Waals surface area contributed by atoms with Crippen LogP contribution in [-0.4, -0.2) is 43.6 Å². The fraction of sp³-hybridized carbons (Fsp3) is 0.346. The van der Waals surface area contributed by atoms with Gasteiger partial charge < -0.3 is 13.9 Å². The normalized spacial score (nSPS) is 18.0. The van der Waals surface area contributed by atoms with Gasteiger partial charge in [0.15, 0.2) is 0 Å². The first kappa shape index (κ1) is 22.9. The highest BCUT2D eigenvalue weighted by Gasteiger charge is 2.33. The zero-order valence-electron chi connectivity index (χ0n) is 19.2. The molecule has 5 rings (SSSR count). The minimum atomic E-state index is -0.122. The highest BCUT2D eigenvalue weighted by molar-refractivity contribution is 8.26. The summed E-state index contributed by atoms with van der Waals surface area (Å²) in [5, 5.41) is 1.04. The fourth-order valence-electron chi connectivity index (χ4n) is 4.72. The summed E-state index contributed by atoms with van der Waals surface area (Å²) in [6.45, 7) is 4.42. The number of piperidine rings is 1.